The number of nitrogens with zero attached hydrogens (tertiary/aromatic N) is 5. The zero-order valence-corrected chi connectivity index (χ0v) is 12.0. The third kappa shape index (κ3) is 2.13. The van der Waals surface area contributed by atoms with Gasteiger partial charge in [-0.3, -0.25) is 4.98 Å². The van der Waals surface area contributed by atoms with Crippen molar-refractivity contribution in [3.8, 4) is 22.6 Å². The van der Waals surface area contributed by atoms with Crippen LogP contribution in [-0.2, 0) is 0 Å². The van der Waals surface area contributed by atoms with Crippen LogP contribution in [0.5, 0.6) is 0 Å². The average molecular weight is 287 g/mol. The Morgan fingerprint density at radius 1 is 0.909 bits per heavy atom. The number of benzene rings is 1. The SMILES string of the molecule is Cc1cccc(-c2ccc3nnc(-c4cccnc4)n3n2)c1. The summed E-state index contributed by atoms with van der Waals surface area (Å²) in [6, 6.07) is 16.0. The van der Waals surface area contributed by atoms with Gasteiger partial charge < -0.3 is 0 Å². The quantitative estimate of drug-likeness (QED) is 0.568. The summed E-state index contributed by atoms with van der Waals surface area (Å²) in [7, 11) is 0. The van der Waals surface area contributed by atoms with E-state index in [9.17, 15) is 0 Å². The van der Waals surface area contributed by atoms with E-state index in [0.29, 0.717) is 5.82 Å². The smallest absolute Gasteiger partial charge is 0.186 e. The first-order valence-corrected chi connectivity index (χ1v) is 7.01. The molecule has 0 spiro atoms. The van der Waals surface area contributed by atoms with Gasteiger partial charge in [0.15, 0.2) is 11.5 Å². The maximum absolute atomic E-state index is 4.69. The van der Waals surface area contributed by atoms with Gasteiger partial charge in [0.05, 0.1) is 5.69 Å². The second-order valence-electron chi connectivity index (χ2n) is 5.12. The molecule has 0 amide bonds. The highest BCUT2D eigenvalue weighted by Crippen LogP contribution is 2.21. The molecule has 0 aliphatic heterocycles. The van der Waals surface area contributed by atoms with Crippen molar-refractivity contribution in [1.82, 2.24) is 24.8 Å². The third-order valence-corrected chi connectivity index (χ3v) is 3.50. The standard InChI is InChI=1S/C17H13N5/c1-12-4-2-5-13(10-12)15-7-8-16-19-20-17(22(16)21-15)14-6-3-9-18-11-14/h2-11H,1H3. The minimum absolute atomic E-state index is 0.692. The minimum atomic E-state index is 0.692. The normalized spacial score (nSPS) is 11.0. The van der Waals surface area contributed by atoms with Gasteiger partial charge in [0, 0.05) is 23.5 Å². The Bertz CT molecular complexity index is 944. The molecule has 3 aromatic heterocycles. The van der Waals surface area contributed by atoms with E-state index in [2.05, 4.69) is 45.4 Å². The number of fused-ring (bicyclic) bond motifs is 1. The van der Waals surface area contributed by atoms with Crippen LogP contribution in [0.2, 0.25) is 0 Å². The molecule has 3 heterocycles. The van der Waals surface area contributed by atoms with Gasteiger partial charge in [0.1, 0.15) is 0 Å². The minimum Gasteiger partial charge on any atom is -0.264 e. The Labute approximate surface area is 127 Å². The fraction of sp³-hybridized carbons (Fsp3) is 0.0588. The first-order chi connectivity index (χ1) is 10.8. The zero-order chi connectivity index (χ0) is 14.9. The molecule has 0 N–H and O–H groups in total. The summed E-state index contributed by atoms with van der Waals surface area (Å²) in [5, 5.41) is 13.1. The lowest BCUT2D eigenvalue weighted by Crippen LogP contribution is -1.97. The number of hydrogen-bond acceptors (Lipinski definition) is 4. The first-order valence-electron chi connectivity index (χ1n) is 7.01. The largest absolute Gasteiger partial charge is 0.264 e. The Hall–Kier alpha value is -3.08. The van der Waals surface area contributed by atoms with Crippen LogP contribution in [0.25, 0.3) is 28.3 Å². The Morgan fingerprint density at radius 2 is 1.82 bits per heavy atom. The summed E-state index contributed by atoms with van der Waals surface area (Å²) in [6.45, 7) is 2.07. The predicted octanol–water partition coefficient (Wildman–Crippen LogP) is 3.16. The molecule has 4 aromatic rings. The fourth-order valence-electron chi connectivity index (χ4n) is 2.42. The number of hydrogen-bond donors (Lipinski definition) is 0. The summed E-state index contributed by atoms with van der Waals surface area (Å²) >= 11 is 0. The zero-order valence-electron chi connectivity index (χ0n) is 12.0. The van der Waals surface area contributed by atoms with E-state index < -0.39 is 0 Å². The fourth-order valence-corrected chi connectivity index (χ4v) is 2.42. The summed E-state index contributed by atoms with van der Waals surface area (Å²) in [5.41, 5.74) is 4.78. The molecule has 0 fully saturated rings. The van der Waals surface area contributed by atoms with Crippen molar-refractivity contribution in [3.05, 3.63) is 66.5 Å². The van der Waals surface area contributed by atoms with E-state index in [0.717, 1.165) is 22.5 Å². The van der Waals surface area contributed by atoms with Gasteiger partial charge in [0.25, 0.3) is 0 Å². The molecule has 0 atom stereocenters. The molecule has 1 aromatic carbocycles. The predicted molar refractivity (Wildman–Crippen MR) is 84.2 cm³/mol. The number of aryl methyl sites for hydroxylation is 1. The van der Waals surface area contributed by atoms with Gasteiger partial charge in [-0.2, -0.15) is 9.61 Å². The maximum Gasteiger partial charge on any atom is 0.186 e. The van der Waals surface area contributed by atoms with Crippen molar-refractivity contribution in [2.45, 2.75) is 6.92 Å². The molecule has 0 radical (unpaired) electrons. The van der Waals surface area contributed by atoms with Crippen molar-refractivity contribution in [2.75, 3.05) is 0 Å². The van der Waals surface area contributed by atoms with Crippen LogP contribution in [0.15, 0.2) is 60.9 Å². The highest BCUT2D eigenvalue weighted by atomic mass is 15.4. The highest BCUT2D eigenvalue weighted by molar-refractivity contribution is 5.63. The van der Waals surface area contributed by atoms with E-state index in [4.69, 9.17) is 0 Å². The van der Waals surface area contributed by atoms with Crippen molar-refractivity contribution in [1.29, 1.82) is 0 Å². The van der Waals surface area contributed by atoms with Crippen molar-refractivity contribution in [2.24, 2.45) is 0 Å². The Balaban J connectivity index is 1.90. The van der Waals surface area contributed by atoms with E-state index in [1.54, 1.807) is 16.9 Å². The van der Waals surface area contributed by atoms with E-state index in [-0.39, 0.29) is 0 Å². The molecule has 106 valence electrons. The molecule has 0 bridgehead atoms. The molecule has 5 nitrogen and oxygen atoms in total. The van der Waals surface area contributed by atoms with Crippen LogP contribution in [0.1, 0.15) is 5.56 Å². The molecule has 0 aliphatic carbocycles. The Morgan fingerprint density at radius 3 is 2.64 bits per heavy atom. The molecule has 0 saturated heterocycles. The lowest BCUT2D eigenvalue weighted by atomic mass is 10.1. The van der Waals surface area contributed by atoms with Crippen LogP contribution >= 0.6 is 0 Å². The monoisotopic (exact) mass is 287 g/mol. The summed E-state index contributed by atoms with van der Waals surface area (Å²) in [5.74, 6) is 0.692. The summed E-state index contributed by atoms with van der Waals surface area (Å²) in [4.78, 5) is 4.13. The molecule has 4 rings (SSSR count). The third-order valence-electron chi connectivity index (χ3n) is 3.50. The number of pyridine rings is 1. The lowest BCUT2D eigenvalue weighted by Gasteiger charge is -2.04. The van der Waals surface area contributed by atoms with Crippen LogP contribution in [-0.4, -0.2) is 24.8 Å². The highest BCUT2D eigenvalue weighted by Gasteiger charge is 2.10. The molecule has 0 unspecified atom stereocenters. The van der Waals surface area contributed by atoms with Gasteiger partial charge in [-0.15, -0.1) is 10.2 Å². The summed E-state index contributed by atoms with van der Waals surface area (Å²) < 4.78 is 1.76. The van der Waals surface area contributed by atoms with Gasteiger partial charge in [-0.25, -0.2) is 0 Å². The van der Waals surface area contributed by atoms with Crippen molar-refractivity contribution >= 4 is 5.65 Å². The van der Waals surface area contributed by atoms with E-state index in [1.165, 1.54) is 5.56 Å². The van der Waals surface area contributed by atoms with Gasteiger partial charge >= 0.3 is 0 Å². The van der Waals surface area contributed by atoms with Crippen LogP contribution in [0, 0.1) is 6.92 Å². The van der Waals surface area contributed by atoms with E-state index >= 15 is 0 Å². The van der Waals surface area contributed by atoms with Crippen molar-refractivity contribution < 1.29 is 0 Å². The molecular weight excluding hydrogens is 274 g/mol. The van der Waals surface area contributed by atoms with Crippen molar-refractivity contribution in [3.63, 3.8) is 0 Å². The maximum atomic E-state index is 4.69. The van der Waals surface area contributed by atoms with Crippen LogP contribution < -0.4 is 0 Å². The second-order valence-corrected chi connectivity index (χ2v) is 5.12. The van der Waals surface area contributed by atoms with Gasteiger partial charge in [-0.05, 0) is 37.3 Å². The molecule has 0 aliphatic rings. The average Bonchev–Trinajstić information content (AvgIpc) is 2.99. The van der Waals surface area contributed by atoms with Crippen LogP contribution in [0.3, 0.4) is 0 Å². The van der Waals surface area contributed by atoms with Gasteiger partial charge in [0.2, 0.25) is 0 Å². The second kappa shape index (κ2) is 5.04. The molecule has 5 heteroatoms. The summed E-state index contributed by atoms with van der Waals surface area (Å²) in [6.07, 6.45) is 3.50. The molecular formula is C17H13N5. The molecule has 22 heavy (non-hydrogen) atoms. The van der Waals surface area contributed by atoms with Gasteiger partial charge in [-0.1, -0.05) is 23.8 Å². The first kappa shape index (κ1) is 12.6. The Kier molecular flexibility index (Phi) is 2.89. The number of aromatic nitrogens is 5. The molecule has 0 saturated carbocycles. The van der Waals surface area contributed by atoms with E-state index in [1.807, 2.05) is 30.3 Å². The topological polar surface area (TPSA) is 56.0 Å². The van der Waals surface area contributed by atoms with Crippen LogP contribution in [0.4, 0.5) is 0 Å². The lowest BCUT2D eigenvalue weighted by molar-refractivity contribution is 0.940. The number of rotatable bonds is 2.